The molecule has 0 saturated carbocycles. The van der Waals surface area contributed by atoms with Gasteiger partial charge in [0, 0.05) is 19.9 Å². The molecule has 5 heteroatoms. The van der Waals surface area contributed by atoms with Crippen molar-refractivity contribution in [3.63, 3.8) is 0 Å². The minimum Gasteiger partial charge on any atom is -0.380 e. The zero-order valence-corrected chi connectivity index (χ0v) is 10.1. The Morgan fingerprint density at radius 3 is 3.12 bits per heavy atom. The number of nitrogens with one attached hydrogen (secondary N) is 2. The molecule has 1 saturated heterocycles. The third-order valence-corrected chi connectivity index (χ3v) is 3.01. The van der Waals surface area contributed by atoms with Gasteiger partial charge in [-0.15, -0.1) is 0 Å². The number of pyridine rings is 1. The molecule has 0 unspecified atom stereocenters. The highest BCUT2D eigenvalue weighted by atomic mass is 16.5. The van der Waals surface area contributed by atoms with E-state index in [0.717, 1.165) is 17.9 Å². The van der Waals surface area contributed by atoms with Gasteiger partial charge in [-0.05, 0) is 25.5 Å². The fourth-order valence-corrected chi connectivity index (χ4v) is 1.92. The molecule has 1 fully saturated rings. The standard InChI is InChI=1S/C12H17N3O2/c1-8-10(4-3-5-13-8)15-12(16)11-6-9(17-2)7-14-11/h3-5,9,11,14H,6-7H2,1-2H3,(H,15,16)/t9-,11-/m0/s1. The van der Waals surface area contributed by atoms with Crippen molar-refractivity contribution in [2.24, 2.45) is 0 Å². The third-order valence-electron chi connectivity index (χ3n) is 3.01. The van der Waals surface area contributed by atoms with Gasteiger partial charge in [0.15, 0.2) is 0 Å². The Morgan fingerprint density at radius 2 is 2.47 bits per heavy atom. The quantitative estimate of drug-likeness (QED) is 0.809. The SMILES string of the molecule is CO[C@@H]1CN[C@H](C(=O)Nc2cccnc2C)C1. The summed E-state index contributed by atoms with van der Waals surface area (Å²) in [6.45, 7) is 2.59. The first-order valence-electron chi connectivity index (χ1n) is 5.69. The number of ether oxygens (including phenoxy) is 1. The summed E-state index contributed by atoms with van der Waals surface area (Å²) < 4.78 is 5.21. The van der Waals surface area contributed by atoms with Crippen molar-refractivity contribution in [2.75, 3.05) is 19.0 Å². The Morgan fingerprint density at radius 1 is 1.65 bits per heavy atom. The lowest BCUT2D eigenvalue weighted by Crippen LogP contribution is -2.35. The molecule has 2 atom stereocenters. The second-order valence-electron chi connectivity index (χ2n) is 4.18. The summed E-state index contributed by atoms with van der Waals surface area (Å²) in [5.41, 5.74) is 1.59. The van der Waals surface area contributed by atoms with Gasteiger partial charge in [0.2, 0.25) is 5.91 Å². The predicted molar refractivity (Wildman–Crippen MR) is 64.8 cm³/mol. The first-order chi connectivity index (χ1) is 8.20. The summed E-state index contributed by atoms with van der Waals surface area (Å²) in [7, 11) is 1.66. The van der Waals surface area contributed by atoms with Gasteiger partial charge in [0.05, 0.1) is 23.5 Å². The van der Waals surface area contributed by atoms with Crippen LogP contribution in [0.2, 0.25) is 0 Å². The molecule has 2 heterocycles. The summed E-state index contributed by atoms with van der Waals surface area (Å²) in [5, 5.41) is 6.02. The Kier molecular flexibility index (Phi) is 3.71. The first kappa shape index (κ1) is 12.0. The number of methoxy groups -OCH3 is 1. The monoisotopic (exact) mass is 235 g/mol. The van der Waals surface area contributed by atoms with Gasteiger partial charge >= 0.3 is 0 Å². The molecule has 0 bridgehead atoms. The van der Waals surface area contributed by atoms with E-state index in [1.54, 1.807) is 13.3 Å². The van der Waals surface area contributed by atoms with Gasteiger partial charge in [0.25, 0.3) is 0 Å². The van der Waals surface area contributed by atoms with Crippen LogP contribution in [0.3, 0.4) is 0 Å². The molecular formula is C12H17N3O2. The van der Waals surface area contributed by atoms with Crippen LogP contribution in [-0.2, 0) is 9.53 Å². The van der Waals surface area contributed by atoms with Gasteiger partial charge in [-0.1, -0.05) is 0 Å². The van der Waals surface area contributed by atoms with Gasteiger partial charge in [0.1, 0.15) is 0 Å². The van der Waals surface area contributed by atoms with Crippen LogP contribution in [0.5, 0.6) is 0 Å². The zero-order valence-electron chi connectivity index (χ0n) is 10.1. The molecule has 1 aromatic heterocycles. The fourth-order valence-electron chi connectivity index (χ4n) is 1.92. The van der Waals surface area contributed by atoms with E-state index < -0.39 is 0 Å². The van der Waals surface area contributed by atoms with Crippen LogP contribution < -0.4 is 10.6 Å². The van der Waals surface area contributed by atoms with Crippen LogP contribution in [0.1, 0.15) is 12.1 Å². The van der Waals surface area contributed by atoms with Crippen LogP contribution in [0.4, 0.5) is 5.69 Å². The maximum atomic E-state index is 12.0. The summed E-state index contributed by atoms with van der Waals surface area (Å²) in [6, 6.07) is 3.48. The third kappa shape index (κ3) is 2.81. The summed E-state index contributed by atoms with van der Waals surface area (Å²) in [6.07, 6.45) is 2.54. The molecule has 2 N–H and O–H groups in total. The number of aryl methyl sites for hydroxylation is 1. The predicted octanol–water partition coefficient (Wildman–Crippen LogP) is 0.705. The van der Waals surface area contributed by atoms with E-state index in [2.05, 4.69) is 15.6 Å². The molecule has 0 aromatic carbocycles. The molecule has 1 aliphatic rings. The Hall–Kier alpha value is -1.46. The molecule has 1 aliphatic heterocycles. The summed E-state index contributed by atoms with van der Waals surface area (Å²) in [5.74, 6) is -0.0272. The van der Waals surface area contributed by atoms with Crippen molar-refractivity contribution in [1.82, 2.24) is 10.3 Å². The first-order valence-corrected chi connectivity index (χ1v) is 5.69. The normalized spacial score (nSPS) is 23.6. The number of nitrogens with zero attached hydrogens (tertiary/aromatic N) is 1. The number of hydrogen-bond donors (Lipinski definition) is 2. The van der Waals surface area contributed by atoms with Gasteiger partial charge < -0.3 is 15.4 Å². The number of carbonyl (C=O) groups excluding carboxylic acids is 1. The lowest BCUT2D eigenvalue weighted by molar-refractivity contribution is -0.118. The van der Waals surface area contributed by atoms with Crippen molar-refractivity contribution < 1.29 is 9.53 Å². The average molecular weight is 235 g/mol. The molecular weight excluding hydrogens is 218 g/mol. The molecule has 1 amide bonds. The van der Waals surface area contributed by atoms with Gasteiger partial charge in [-0.3, -0.25) is 9.78 Å². The Labute approximate surface area is 101 Å². The second-order valence-corrected chi connectivity index (χ2v) is 4.18. The Balaban J connectivity index is 1.96. The lowest BCUT2D eigenvalue weighted by Gasteiger charge is -2.12. The highest BCUT2D eigenvalue weighted by Gasteiger charge is 2.29. The highest BCUT2D eigenvalue weighted by Crippen LogP contribution is 2.14. The molecule has 0 aliphatic carbocycles. The molecule has 5 nitrogen and oxygen atoms in total. The van der Waals surface area contributed by atoms with E-state index in [1.165, 1.54) is 0 Å². The largest absolute Gasteiger partial charge is 0.380 e. The minimum atomic E-state index is -0.181. The minimum absolute atomic E-state index is 0.0272. The fraction of sp³-hybridized carbons (Fsp3) is 0.500. The number of rotatable bonds is 3. The molecule has 2 rings (SSSR count). The van der Waals surface area contributed by atoms with E-state index in [-0.39, 0.29) is 18.1 Å². The average Bonchev–Trinajstić information content (AvgIpc) is 2.81. The molecule has 0 radical (unpaired) electrons. The van der Waals surface area contributed by atoms with E-state index in [9.17, 15) is 4.79 Å². The number of amides is 1. The number of carbonyl (C=O) groups is 1. The van der Waals surface area contributed by atoms with Crippen LogP contribution in [0.25, 0.3) is 0 Å². The molecule has 0 spiro atoms. The summed E-state index contributed by atoms with van der Waals surface area (Å²) in [4.78, 5) is 16.1. The van der Waals surface area contributed by atoms with Gasteiger partial charge in [-0.2, -0.15) is 0 Å². The van der Waals surface area contributed by atoms with Crippen molar-refractivity contribution in [2.45, 2.75) is 25.5 Å². The topological polar surface area (TPSA) is 63.2 Å². The number of aromatic nitrogens is 1. The second kappa shape index (κ2) is 5.25. The molecule has 17 heavy (non-hydrogen) atoms. The highest BCUT2D eigenvalue weighted by molar-refractivity contribution is 5.95. The maximum absolute atomic E-state index is 12.0. The van der Waals surface area contributed by atoms with Crippen LogP contribution in [0, 0.1) is 6.92 Å². The smallest absolute Gasteiger partial charge is 0.241 e. The Bertz CT molecular complexity index is 408. The van der Waals surface area contributed by atoms with E-state index in [0.29, 0.717) is 6.42 Å². The van der Waals surface area contributed by atoms with Crippen LogP contribution >= 0.6 is 0 Å². The zero-order chi connectivity index (χ0) is 12.3. The summed E-state index contributed by atoms with van der Waals surface area (Å²) >= 11 is 0. The van der Waals surface area contributed by atoms with E-state index >= 15 is 0 Å². The van der Waals surface area contributed by atoms with Gasteiger partial charge in [-0.25, -0.2) is 0 Å². The molecule has 92 valence electrons. The maximum Gasteiger partial charge on any atom is 0.241 e. The van der Waals surface area contributed by atoms with Crippen LogP contribution in [0.15, 0.2) is 18.3 Å². The van der Waals surface area contributed by atoms with E-state index in [4.69, 9.17) is 4.74 Å². The van der Waals surface area contributed by atoms with E-state index in [1.807, 2.05) is 19.1 Å². The number of anilines is 1. The number of hydrogen-bond acceptors (Lipinski definition) is 4. The lowest BCUT2D eigenvalue weighted by atomic mass is 10.2. The van der Waals surface area contributed by atoms with Crippen molar-refractivity contribution >= 4 is 11.6 Å². The van der Waals surface area contributed by atoms with Crippen molar-refractivity contribution in [3.8, 4) is 0 Å². The van der Waals surface area contributed by atoms with Crippen molar-refractivity contribution in [3.05, 3.63) is 24.0 Å². The molecule has 1 aromatic rings. The van der Waals surface area contributed by atoms with Crippen molar-refractivity contribution in [1.29, 1.82) is 0 Å². The van der Waals surface area contributed by atoms with Crippen LogP contribution in [-0.4, -0.2) is 36.7 Å².